The first kappa shape index (κ1) is 16.4. The Hall–Kier alpha value is -0.940. The number of hydrogen-bond donors (Lipinski definition) is 1. The van der Waals surface area contributed by atoms with Gasteiger partial charge in [0.25, 0.3) is 0 Å². The fourth-order valence-electron chi connectivity index (χ4n) is 2.80. The quantitative estimate of drug-likeness (QED) is 0.838. The SMILES string of the molecule is CC(C)CNCc1cn(CCN2CCCCCCC2)nn1. The van der Waals surface area contributed by atoms with Crippen LogP contribution >= 0.6 is 0 Å². The van der Waals surface area contributed by atoms with Gasteiger partial charge >= 0.3 is 0 Å². The molecule has 21 heavy (non-hydrogen) atoms. The fourth-order valence-corrected chi connectivity index (χ4v) is 2.80. The van der Waals surface area contributed by atoms with Crippen molar-refractivity contribution < 1.29 is 0 Å². The molecule has 5 heteroatoms. The summed E-state index contributed by atoms with van der Waals surface area (Å²) in [4.78, 5) is 2.58. The highest BCUT2D eigenvalue weighted by Gasteiger charge is 2.08. The van der Waals surface area contributed by atoms with Crippen LogP contribution in [0.5, 0.6) is 0 Å². The minimum absolute atomic E-state index is 0.673. The normalized spacial score (nSPS) is 17.9. The lowest BCUT2D eigenvalue weighted by Gasteiger charge is -2.24. The van der Waals surface area contributed by atoms with E-state index < -0.39 is 0 Å². The summed E-state index contributed by atoms with van der Waals surface area (Å²) in [5, 5.41) is 11.9. The maximum absolute atomic E-state index is 4.24. The first-order valence-corrected chi connectivity index (χ1v) is 8.56. The summed E-state index contributed by atoms with van der Waals surface area (Å²) in [6.07, 6.45) is 8.99. The monoisotopic (exact) mass is 293 g/mol. The van der Waals surface area contributed by atoms with Crippen molar-refractivity contribution in [1.29, 1.82) is 0 Å². The highest BCUT2D eigenvalue weighted by atomic mass is 15.4. The lowest BCUT2D eigenvalue weighted by atomic mass is 10.1. The average Bonchev–Trinajstić information content (AvgIpc) is 2.85. The Morgan fingerprint density at radius 2 is 1.81 bits per heavy atom. The molecule has 0 radical (unpaired) electrons. The van der Waals surface area contributed by atoms with Crippen molar-refractivity contribution in [2.75, 3.05) is 26.2 Å². The molecule has 2 heterocycles. The van der Waals surface area contributed by atoms with E-state index in [1.807, 2.05) is 4.68 Å². The van der Waals surface area contributed by atoms with Crippen LogP contribution < -0.4 is 5.32 Å². The fraction of sp³-hybridized carbons (Fsp3) is 0.875. The maximum Gasteiger partial charge on any atom is 0.0964 e. The summed E-state index contributed by atoms with van der Waals surface area (Å²) < 4.78 is 1.99. The summed E-state index contributed by atoms with van der Waals surface area (Å²) >= 11 is 0. The molecule has 1 aromatic rings. The first-order valence-electron chi connectivity index (χ1n) is 8.56. The second-order valence-corrected chi connectivity index (χ2v) is 6.61. The van der Waals surface area contributed by atoms with Gasteiger partial charge in [-0.1, -0.05) is 38.3 Å². The van der Waals surface area contributed by atoms with Crippen LogP contribution in [-0.2, 0) is 13.1 Å². The van der Waals surface area contributed by atoms with Crippen LogP contribution in [0.15, 0.2) is 6.20 Å². The Morgan fingerprint density at radius 3 is 2.52 bits per heavy atom. The molecule has 1 N–H and O–H groups in total. The molecule has 0 atom stereocenters. The van der Waals surface area contributed by atoms with Crippen molar-refractivity contribution in [2.45, 2.75) is 59.0 Å². The van der Waals surface area contributed by atoms with Gasteiger partial charge in [0.05, 0.1) is 12.2 Å². The van der Waals surface area contributed by atoms with E-state index in [2.05, 4.69) is 40.6 Å². The van der Waals surface area contributed by atoms with E-state index >= 15 is 0 Å². The van der Waals surface area contributed by atoms with Crippen molar-refractivity contribution >= 4 is 0 Å². The standard InChI is InChI=1S/C16H31N5/c1-15(2)12-17-13-16-14-21(19-18-16)11-10-20-8-6-4-3-5-7-9-20/h14-15,17H,3-13H2,1-2H3. The number of aromatic nitrogens is 3. The largest absolute Gasteiger partial charge is 0.311 e. The Bertz CT molecular complexity index is 380. The molecule has 0 spiro atoms. The second-order valence-electron chi connectivity index (χ2n) is 6.61. The third kappa shape index (κ3) is 6.57. The van der Waals surface area contributed by atoms with Crippen molar-refractivity contribution in [3.63, 3.8) is 0 Å². The molecule has 1 aromatic heterocycles. The molecule has 2 rings (SSSR count). The van der Waals surface area contributed by atoms with Gasteiger partial charge in [0, 0.05) is 19.3 Å². The van der Waals surface area contributed by atoms with E-state index in [-0.39, 0.29) is 0 Å². The third-order valence-corrected chi connectivity index (χ3v) is 4.04. The van der Waals surface area contributed by atoms with Gasteiger partial charge in [-0.3, -0.25) is 4.68 Å². The van der Waals surface area contributed by atoms with E-state index in [0.717, 1.165) is 31.9 Å². The lowest BCUT2D eigenvalue weighted by Crippen LogP contribution is -2.30. The van der Waals surface area contributed by atoms with Gasteiger partial charge in [0.1, 0.15) is 0 Å². The number of nitrogens with one attached hydrogen (secondary N) is 1. The van der Waals surface area contributed by atoms with Gasteiger partial charge < -0.3 is 10.2 Å². The average molecular weight is 293 g/mol. The van der Waals surface area contributed by atoms with Crippen LogP contribution in [0.1, 0.15) is 51.6 Å². The molecule has 0 bridgehead atoms. The molecular weight excluding hydrogens is 262 g/mol. The summed E-state index contributed by atoms with van der Waals surface area (Å²) in [5.41, 5.74) is 1.04. The number of likely N-dealkylation sites (tertiary alicyclic amines) is 1. The summed E-state index contributed by atoms with van der Waals surface area (Å²) in [5.74, 6) is 0.673. The summed E-state index contributed by atoms with van der Waals surface area (Å²) in [7, 11) is 0. The van der Waals surface area contributed by atoms with Crippen LogP contribution in [0.4, 0.5) is 0 Å². The summed E-state index contributed by atoms with van der Waals surface area (Å²) in [6, 6.07) is 0. The van der Waals surface area contributed by atoms with Crippen molar-refractivity contribution in [2.24, 2.45) is 5.92 Å². The van der Waals surface area contributed by atoms with Crippen LogP contribution in [0, 0.1) is 5.92 Å². The van der Waals surface area contributed by atoms with Crippen LogP contribution in [0.2, 0.25) is 0 Å². The zero-order valence-corrected chi connectivity index (χ0v) is 13.7. The molecule has 0 aliphatic carbocycles. The van der Waals surface area contributed by atoms with Crippen LogP contribution in [0.3, 0.4) is 0 Å². The predicted molar refractivity (Wildman–Crippen MR) is 86.1 cm³/mol. The minimum atomic E-state index is 0.673. The van der Waals surface area contributed by atoms with E-state index in [0.29, 0.717) is 5.92 Å². The Labute approximate surface area is 129 Å². The minimum Gasteiger partial charge on any atom is -0.311 e. The number of rotatable bonds is 7. The molecular formula is C16H31N5. The predicted octanol–water partition coefficient (Wildman–Crippen LogP) is 2.29. The van der Waals surface area contributed by atoms with Gasteiger partial charge in [0.15, 0.2) is 0 Å². The molecule has 0 unspecified atom stereocenters. The van der Waals surface area contributed by atoms with Crippen molar-refractivity contribution in [1.82, 2.24) is 25.2 Å². The van der Waals surface area contributed by atoms with Crippen molar-refractivity contribution in [3.8, 4) is 0 Å². The lowest BCUT2D eigenvalue weighted by molar-refractivity contribution is 0.235. The van der Waals surface area contributed by atoms with E-state index in [1.165, 1.54) is 45.2 Å². The Balaban J connectivity index is 1.69. The zero-order chi connectivity index (χ0) is 14.9. The maximum atomic E-state index is 4.24. The molecule has 120 valence electrons. The van der Waals surface area contributed by atoms with Gasteiger partial charge in [-0.05, 0) is 38.4 Å². The first-order chi connectivity index (χ1) is 10.2. The Morgan fingerprint density at radius 1 is 1.10 bits per heavy atom. The highest BCUT2D eigenvalue weighted by molar-refractivity contribution is 4.91. The molecule has 0 aromatic carbocycles. The number of nitrogens with zero attached hydrogens (tertiary/aromatic N) is 4. The van der Waals surface area contributed by atoms with Crippen LogP contribution in [0.25, 0.3) is 0 Å². The molecule has 1 fully saturated rings. The van der Waals surface area contributed by atoms with E-state index in [1.54, 1.807) is 0 Å². The summed E-state index contributed by atoms with van der Waals surface area (Å²) in [6.45, 7) is 10.8. The van der Waals surface area contributed by atoms with Gasteiger partial charge in [-0.25, -0.2) is 0 Å². The smallest absolute Gasteiger partial charge is 0.0964 e. The molecule has 5 nitrogen and oxygen atoms in total. The second kappa shape index (κ2) is 9.15. The van der Waals surface area contributed by atoms with Gasteiger partial charge in [-0.2, -0.15) is 0 Å². The molecule has 0 saturated carbocycles. The molecule has 1 saturated heterocycles. The van der Waals surface area contributed by atoms with Gasteiger partial charge in [-0.15, -0.1) is 5.10 Å². The number of hydrogen-bond acceptors (Lipinski definition) is 4. The Kier molecular flexibility index (Phi) is 7.16. The molecule has 1 aliphatic rings. The topological polar surface area (TPSA) is 46.0 Å². The van der Waals surface area contributed by atoms with E-state index in [4.69, 9.17) is 0 Å². The third-order valence-electron chi connectivity index (χ3n) is 4.04. The van der Waals surface area contributed by atoms with Gasteiger partial charge in [0.2, 0.25) is 0 Å². The van der Waals surface area contributed by atoms with Crippen molar-refractivity contribution in [3.05, 3.63) is 11.9 Å². The van der Waals surface area contributed by atoms with Crippen LogP contribution in [-0.4, -0.2) is 46.1 Å². The highest BCUT2D eigenvalue weighted by Crippen LogP contribution is 2.10. The van der Waals surface area contributed by atoms with E-state index in [9.17, 15) is 0 Å². The zero-order valence-electron chi connectivity index (χ0n) is 13.7. The molecule has 1 aliphatic heterocycles. The molecule has 0 amide bonds.